The van der Waals surface area contributed by atoms with Crippen molar-refractivity contribution in [3.63, 3.8) is 0 Å². The SMILES string of the molecule is Cc1cc(/C=C/C(c2ccc(Cl)c(Cl)c2)C(F)(F)F)ccc1CNC(=O)CC(F)(F)F. The van der Waals surface area contributed by atoms with E-state index in [1.165, 1.54) is 30.3 Å². The third-order valence-corrected chi connectivity index (χ3v) is 5.08. The molecule has 2 aromatic carbocycles. The molecule has 1 N–H and O–H groups in total. The zero-order chi connectivity index (χ0) is 23.4. The summed E-state index contributed by atoms with van der Waals surface area (Å²) in [4.78, 5) is 11.3. The predicted molar refractivity (Wildman–Crippen MR) is 108 cm³/mol. The standard InChI is InChI=1S/C21H17Cl2F6NO/c1-12-8-13(2-4-15(12)11-30-19(31)10-20(24,25)26)3-6-16(21(27,28)29)14-5-7-17(22)18(23)9-14/h2-9,16H,10-11H2,1H3,(H,30,31)/b6-3+. The molecule has 0 saturated heterocycles. The molecule has 1 unspecified atom stereocenters. The molecule has 0 aliphatic carbocycles. The number of rotatable bonds is 6. The van der Waals surface area contributed by atoms with Crippen LogP contribution in [-0.2, 0) is 11.3 Å². The maximum Gasteiger partial charge on any atom is 0.399 e. The smallest absolute Gasteiger partial charge is 0.352 e. The Kier molecular flexibility index (Phi) is 8.05. The number of hydrogen-bond acceptors (Lipinski definition) is 1. The highest BCUT2D eigenvalue weighted by atomic mass is 35.5. The molecule has 2 rings (SSSR count). The minimum atomic E-state index is -4.60. The molecule has 0 aromatic heterocycles. The number of carbonyl (C=O) groups excluding carboxylic acids is 1. The monoisotopic (exact) mass is 483 g/mol. The molecule has 0 aliphatic rings. The maximum absolute atomic E-state index is 13.5. The van der Waals surface area contributed by atoms with E-state index in [0.29, 0.717) is 16.7 Å². The molecule has 0 radical (unpaired) electrons. The van der Waals surface area contributed by atoms with E-state index in [1.807, 2.05) is 0 Å². The van der Waals surface area contributed by atoms with Gasteiger partial charge in [0.05, 0.1) is 16.0 Å². The minimum absolute atomic E-state index is 0.00887. The van der Waals surface area contributed by atoms with Gasteiger partial charge in [-0.15, -0.1) is 0 Å². The maximum atomic E-state index is 13.5. The lowest BCUT2D eigenvalue weighted by Crippen LogP contribution is -2.28. The first-order chi connectivity index (χ1) is 14.3. The molecule has 0 fully saturated rings. The third kappa shape index (κ3) is 7.78. The van der Waals surface area contributed by atoms with E-state index in [9.17, 15) is 31.1 Å². The summed E-state index contributed by atoms with van der Waals surface area (Å²) >= 11 is 11.6. The molecule has 10 heteroatoms. The Balaban J connectivity index is 2.16. The Hall–Kier alpha value is -2.19. The first-order valence-corrected chi connectivity index (χ1v) is 9.64. The normalized spacial score (nSPS) is 13.5. The van der Waals surface area contributed by atoms with Gasteiger partial charge in [0.2, 0.25) is 5.91 Å². The van der Waals surface area contributed by atoms with E-state index in [4.69, 9.17) is 23.2 Å². The zero-order valence-electron chi connectivity index (χ0n) is 16.0. The Bertz CT molecular complexity index is 969. The van der Waals surface area contributed by atoms with E-state index >= 15 is 0 Å². The number of alkyl halides is 6. The Morgan fingerprint density at radius 3 is 2.26 bits per heavy atom. The molecule has 0 aliphatic heterocycles. The van der Waals surface area contributed by atoms with Crippen LogP contribution in [0.3, 0.4) is 0 Å². The molecular weight excluding hydrogens is 467 g/mol. The van der Waals surface area contributed by atoms with Crippen LogP contribution in [0, 0.1) is 6.92 Å². The molecule has 0 bridgehead atoms. The Morgan fingerprint density at radius 1 is 1.03 bits per heavy atom. The molecule has 168 valence electrons. The van der Waals surface area contributed by atoms with Crippen molar-refractivity contribution < 1.29 is 31.1 Å². The van der Waals surface area contributed by atoms with Crippen LogP contribution in [0.2, 0.25) is 10.0 Å². The molecule has 1 amide bonds. The van der Waals surface area contributed by atoms with Crippen LogP contribution in [0.1, 0.15) is 34.6 Å². The molecule has 31 heavy (non-hydrogen) atoms. The molecule has 1 atom stereocenters. The van der Waals surface area contributed by atoms with Crippen molar-refractivity contribution in [2.24, 2.45) is 0 Å². The fourth-order valence-electron chi connectivity index (χ4n) is 2.78. The third-order valence-electron chi connectivity index (χ3n) is 4.34. The Labute approximate surface area is 184 Å². The van der Waals surface area contributed by atoms with E-state index in [-0.39, 0.29) is 22.2 Å². The predicted octanol–water partition coefficient (Wildman–Crippen LogP) is 7.23. The van der Waals surface area contributed by atoms with Crippen LogP contribution in [0.15, 0.2) is 42.5 Å². The first kappa shape index (κ1) is 25.1. The van der Waals surface area contributed by atoms with Crippen molar-refractivity contribution in [1.29, 1.82) is 0 Å². The summed E-state index contributed by atoms with van der Waals surface area (Å²) in [7, 11) is 0. The summed E-state index contributed by atoms with van der Waals surface area (Å²) < 4.78 is 77.2. The van der Waals surface area contributed by atoms with Crippen molar-refractivity contribution in [1.82, 2.24) is 5.32 Å². The second-order valence-corrected chi connectivity index (χ2v) is 7.62. The fraction of sp³-hybridized carbons (Fsp3) is 0.286. The van der Waals surface area contributed by atoms with Gasteiger partial charge in [0.15, 0.2) is 0 Å². The number of hydrogen-bond donors (Lipinski definition) is 1. The van der Waals surface area contributed by atoms with E-state index in [1.54, 1.807) is 13.0 Å². The van der Waals surface area contributed by atoms with E-state index in [2.05, 4.69) is 5.32 Å². The van der Waals surface area contributed by atoms with Gasteiger partial charge >= 0.3 is 12.4 Å². The van der Waals surface area contributed by atoms with Crippen molar-refractivity contribution in [2.45, 2.75) is 38.2 Å². The number of aryl methyl sites for hydroxylation is 1. The number of allylic oxidation sites excluding steroid dienone is 1. The largest absolute Gasteiger partial charge is 0.399 e. The molecular formula is C21H17Cl2F6NO. The summed E-state index contributed by atoms with van der Waals surface area (Å²) in [6, 6.07) is 8.31. The average molecular weight is 484 g/mol. The van der Waals surface area contributed by atoms with E-state index < -0.39 is 30.6 Å². The van der Waals surface area contributed by atoms with Crippen LogP contribution >= 0.6 is 23.2 Å². The molecule has 2 aromatic rings. The van der Waals surface area contributed by atoms with Gasteiger partial charge in [-0.2, -0.15) is 26.3 Å². The number of benzene rings is 2. The van der Waals surface area contributed by atoms with Crippen molar-refractivity contribution >= 4 is 35.2 Å². The van der Waals surface area contributed by atoms with Gasteiger partial charge in [-0.25, -0.2) is 0 Å². The Morgan fingerprint density at radius 2 is 1.71 bits per heavy atom. The first-order valence-electron chi connectivity index (χ1n) is 8.89. The fourth-order valence-corrected chi connectivity index (χ4v) is 3.09. The topological polar surface area (TPSA) is 29.1 Å². The van der Waals surface area contributed by atoms with Crippen LogP contribution in [0.4, 0.5) is 26.3 Å². The highest BCUT2D eigenvalue weighted by Gasteiger charge is 2.39. The lowest BCUT2D eigenvalue weighted by Gasteiger charge is -2.18. The summed E-state index contributed by atoms with van der Waals surface area (Å²) in [6.07, 6.45) is -8.47. The number of carbonyl (C=O) groups is 1. The quantitative estimate of drug-likeness (QED) is 0.431. The second-order valence-electron chi connectivity index (χ2n) is 6.81. The highest BCUT2D eigenvalue weighted by molar-refractivity contribution is 6.42. The van der Waals surface area contributed by atoms with Crippen LogP contribution < -0.4 is 5.32 Å². The van der Waals surface area contributed by atoms with Gasteiger partial charge in [-0.05, 0) is 41.3 Å². The van der Waals surface area contributed by atoms with Crippen molar-refractivity contribution in [3.05, 3.63) is 74.8 Å². The number of nitrogens with one attached hydrogen (secondary N) is 1. The number of amides is 1. The highest BCUT2D eigenvalue weighted by Crippen LogP contribution is 2.38. The van der Waals surface area contributed by atoms with Gasteiger partial charge in [-0.3, -0.25) is 4.79 Å². The van der Waals surface area contributed by atoms with Crippen molar-refractivity contribution in [3.8, 4) is 0 Å². The zero-order valence-corrected chi connectivity index (χ0v) is 17.6. The van der Waals surface area contributed by atoms with Gasteiger partial charge in [0.25, 0.3) is 0 Å². The second kappa shape index (κ2) is 9.96. The minimum Gasteiger partial charge on any atom is -0.352 e. The summed E-state index contributed by atoms with van der Waals surface area (Å²) in [5.74, 6) is -3.07. The number of halogens is 8. The summed E-state index contributed by atoms with van der Waals surface area (Å²) in [6.45, 7) is 1.52. The summed E-state index contributed by atoms with van der Waals surface area (Å²) in [5.41, 5.74) is 1.54. The van der Waals surface area contributed by atoms with Crippen molar-refractivity contribution in [2.75, 3.05) is 0 Å². The van der Waals surface area contributed by atoms with Crippen LogP contribution in [0.5, 0.6) is 0 Å². The van der Waals surface area contributed by atoms with Gasteiger partial charge in [-0.1, -0.05) is 59.6 Å². The lowest BCUT2D eigenvalue weighted by molar-refractivity contribution is -0.153. The molecule has 0 heterocycles. The van der Waals surface area contributed by atoms with Gasteiger partial charge in [0.1, 0.15) is 6.42 Å². The van der Waals surface area contributed by atoms with Gasteiger partial charge in [0, 0.05) is 6.54 Å². The molecule has 2 nitrogen and oxygen atoms in total. The van der Waals surface area contributed by atoms with Gasteiger partial charge < -0.3 is 5.32 Å². The molecule has 0 saturated carbocycles. The lowest BCUT2D eigenvalue weighted by atomic mass is 9.96. The average Bonchev–Trinajstić information content (AvgIpc) is 2.61. The van der Waals surface area contributed by atoms with E-state index in [0.717, 1.165) is 12.1 Å². The van der Waals surface area contributed by atoms with Crippen LogP contribution in [0.25, 0.3) is 6.08 Å². The molecule has 0 spiro atoms. The van der Waals surface area contributed by atoms with Crippen LogP contribution in [-0.4, -0.2) is 18.3 Å². The summed E-state index contributed by atoms with van der Waals surface area (Å²) in [5, 5.41) is 2.32.